The smallest absolute Gasteiger partial charge is 0.123 e. The Morgan fingerprint density at radius 3 is 2.75 bits per heavy atom. The fourth-order valence-corrected chi connectivity index (χ4v) is 2.30. The topological polar surface area (TPSA) is 12.0 Å². The summed E-state index contributed by atoms with van der Waals surface area (Å²) >= 11 is 0. The van der Waals surface area contributed by atoms with Crippen LogP contribution in [0.4, 0.5) is 10.1 Å². The summed E-state index contributed by atoms with van der Waals surface area (Å²) in [4.78, 5) is 0. The maximum atomic E-state index is 13.3. The minimum absolute atomic E-state index is 0.190. The van der Waals surface area contributed by atoms with E-state index in [1.54, 1.807) is 12.1 Å². The van der Waals surface area contributed by atoms with E-state index < -0.39 is 0 Å². The van der Waals surface area contributed by atoms with Gasteiger partial charge in [-0.25, -0.2) is 4.39 Å². The van der Waals surface area contributed by atoms with Gasteiger partial charge in [0.15, 0.2) is 0 Å². The number of anilines is 1. The molecule has 0 spiro atoms. The number of fused-ring (bicyclic) bond motifs is 3. The van der Waals surface area contributed by atoms with Crippen LogP contribution < -0.4 is 5.32 Å². The summed E-state index contributed by atoms with van der Waals surface area (Å²) in [5.41, 5.74) is 4.31. The van der Waals surface area contributed by atoms with Crippen molar-refractivity contribution in [2.75, 3.05) is 5.32 Å². The Bertz CT molecular complexity index is 548. The van der Waals surface area contributed by atoms with Crippen molar-refractivity contribution < 1.29 is 4.39 Å². The van der Waals surface area contributed by atoms with Crippen molar-refractivity contribution in [3.8, 4) is 11.1 Å². The SMILES string of the molecule is C[C@H]1Nc2ccc(F)cc2-c2ccccc21. The molecule has 2 aromatic carbocycles. The highest BCUT2D eigenvalue weighted by Gasteiger charge is 2.20. The Labute approximate surface area is 93.9 Å². The van der Waals surface area contributed by atoms with E-state index >= 15 is 0 Å². The van der Waals surface area contributed by atoms with Crippen molar-refractivity contribution in [1.82, 2.24) is 0 Å². The van der Waals surface area contributed by atoms with Crippen LogP contribution in [-0.4, -0.2) is 0 Å². The molecule has 1 N–H and O–H groups in total. The third-order valence-electron chi connectivity index (χ3n) is 3.07. The maximum Gasteiger partial charge on any atom is 0.123 e. The molecule has 1 aliphatic rings. The molecule has 1 heterocycles. The Morgan fingerprint density at radius 1 is 1.06 bits per heavy atom. The van der Waals surface area contributed by atoms with E-state index in [0.717, 1.165) is 16.8 Å². The first-order valence-electron chi connectivity index (χ1n) is 5.41. The first-order chi connectivity index (χ1) is 7.75. The van der Waals surface area contributed by atoms with E-state index in [-0.39, 0.29) is 11.9 Å². The molecule has 2 aromatic rings. The second-order valence-corrected chi connectivity index (χ2v) is 4.14. The fourth-order valence-electron chi connectivity index (χ4n) is 2.30. The van der Waals surface area contributed by atoms with Crippen molar-refractivity contribution in [2.45, 2.75) is 13.0 Å². The van der Waals surface area contributed by atoms with Crippen molar-refractivity contribution in [1.29, 1.82) is 0 Å². The van der Waals surface area contributed by atoms with Gasteiger partial charge in [0.05, 0.1) is 0 Å². The average Bonchev–Trinajstić information content (AvgIpc) is 2.31. The van der Waals surface area contributed by atoms with Gasteiger partial charge in [0.2, 0.25) is 0 Å². The normalized spacial score (nSPS) is 17.2. The maximum absolute atomic E-state index is 13.3. The van der Waals surface area contributed by atoms with E-state index in [2.05, 4.69) is 18.3 Å². The lowest BCUT2D eigenvalue weighted by Crippen LogP contribution is -2.13. The zero-order valence-electron chi connectivity index (χ0n) is 9.00. The third kappa shape index (κ3) is 1.30. The van der Waals surface area contributed by atoms with Crippen molar-refractivity contribution >= 4 is 5.69 Å². The van der Waals surface area contributed by atoms with Crippen molar-refractivity contribution in [2.24, 2.45) is 0 Å². The summed E-state index contributed by atoms with van der Waals surface area (Å²) in [6.07, 6.45) is 0. The molecule has 2 heteroatoms. The summed E-state index contributed by atoms with van der Waals surface area (Å²) in [5, 5.41) is 3.38. The Balaban J connectivity index is 2.29. The molecule has 0 saturated carbocycles. The van der Waals surface area contributed by atoms with Crippen molar-refractivity contribution in [3.05, 3.63) is 53.8 Å². The van der Waals surface area contributed by atoms with Crippen molar-refractivity contribution in [3.63, 3.8) is 0 Å². The molecule has 0 bridgehead atoms. The molecule has 3 rings (SSSR count). The molecule has 1 aliphatic heterocycles. The first-order valence-corrected chi connectivity index (χ1v) is 5.41. The molecular weight excluding hydrogens is 201 g/mol. The highest BCUT2D eigenvalue weighted by molar-refractivity contribution is 5.83. The first kappa shape index (κ1) is 9.40. The van der Waals surface area contributed by atoms with Crippen LogP contribution in [0.1, 0.15) is 18.5 Å². The lowest BCUT2D eigenvalue weighted by atomic mass is 9.90. The highest BCUT2D eigenvalue weighted by Crippen LogP contribution is 2.40. The predicted octanol–water partition coefficient (Wildman–Crippen LogP) is 3.98. The summed E-state index contributed by atoms with van der Waals surface area (Å²) in [5.74, 6) is -0.190. The molecule has 0 unspecified atom stereocenters. The zero-order valence-corrected chi connectivity index (χ0v) is 9.00. The van der Waals surface area contributed by atoms with Gasteiger partial charge in [-0.1, -0.05) is 24.3 Å². The second-order valence-electron chi connectivity index (χ2n) is 4.14. The van der Waals surface area contributed by atoms with E-state index in [1.165, 1.54) is 11.6 Å². The molecule has 0 amide bonds. The Hall–Kier alpha value is -1.83. The number of nitrogens with one attached hydrogen (secondary N) is 1. The molecule has 0 aliphatic carbocycles. The van der Waals surface area contributed by atoms with Gasteiger partial charge in [-0.2, -0.15) is 0 Å². The molecule has 1 atom stereocenters. The summed E-state index contributed by atoms with van der Waals surface area (Å²) in [6, 6.07) is 13.3. The number of benzene rings is 2. The molecule has 0 saturated heterocycles. The monoisotopic (exact) mass is 213 g/mol. The molecule has 0 aromatic heterocycles. The van der Waals surface area contributed by atoms with E-state index in [4.69, 9.17) is 0 Å². The van der Waals surface area contributed by atoms with E-state index in [9.17, 15) is 4.39 Å². The predicted molar refractivity (Wildman–Crippen MR) is 63.9 cm³/mol. The lowest BCUT2D eigenvalue weighted by molar-refractivity contribution is 0.628. The highest BCUT2D eigenvalue weighted by atomic mass is 19.1. The van der Waals surface area contributed by atoms with Gasteiger partial charge in [0.25, 0.3) is 0 Å². The average molecular weight is 213 g/mol. The van der Waals surface area contributed by atoms with Crippen LogP contribution >= 0.6 is 0 Å². The molecule has 1 nitrogen and oxygen atoms in total. The van der Waals surface area contributed by atoms with Gasteiger partial charge in [0, 0.05) is 17.3 Å². The summed E-state index contributed by atoms with van der Waals surface area (Å²) in [7, 11) is 0. The molecular formula is C14H12FN. The standard InChI is InChI=1S/C14H12FN/c1-9-11-4-2-3-5-12(11)13-8-10(15)6-7-14(13)16-9/h2-9,16H,1H3/t9-/m1/s1. The molecule has 0 fully saturated rings. The molecule has 16 heavy (non-hydrogen) atoms. The number of halogens is 1. The van der Waals surface area contributed by atoms with Crippen LogP contribution in [0, 0.1) is 5.82 Å². The second kappa shape index (κ2) is 3.34. The quantitative estimate of drug-likeness (QED) is 0.698. The van der Waals surface area contributed by atoms with Gasteiger partial charge < -0.3 is 5.32 Å². The lowest BCUT2D eigenvalue weighted by Gasteiger charge is -2.27. The minimum Gasteiger partial charge on any atom is -0.378 e. The zero-order chi connectivity index (χ0) is 11.1. The molecule has 0 radical (unpaired) electrons. The van der Waals surface area contributed by atoms with Crippen LogP contribution in [0.3, 0.4) is 0 Å². The van der Waals surface area contributed by atoms with Gasteiger partial charge in [-0.15, -0.1) is 0 Å². The van der Waals surface area contributed by atoms with Crippen LogP contribution in [0.25, 0.3) is 11.1 Å². The van der Waals surface area contributed by atoms with Crippen LogP contribution in [0.5, 0.6) is 0 Å². The number of hydrogen-bond acceptors (Lipinski definition) is 1. The minimum atomic E-state index is -0.190. The van der Waals surface area contributed by atoms with Gasteiger partial charge in [-0.05, 0) is 36.2 Å². The van der Waals surface area contributed by atoms with E-state index in [1.807, 2.05) is 18.2 Å². The number of hydrogen-bond donors (Lipinski definition) is 1. The van der Waals surface area contributed by atoms with Gasteiger partial charge >= 0.3 is 0 Å². The Morgan fingerprint density at radius 2 is 1.88 bits per heavy atom. The Kier molecular flexibility index (Phi) is 1.96. The third-order valence-corrected chi connectivity index (χ3v) is 3.07. The van der Waals surface area contributed by atoms with Crippen LogP contribution in [0.15, 0.2) is 42.5 Å². The fraction of sp³-hybridized carbons (Fsp3) is 0.143. The van der Waals surface area contributed by atoms with E-state index in [0.29, 0.717) is 0 Å². The number of rotatable bonds is 0. The molecule has 80 valence electrons. The van der Waals surface area contributed by atoms with Crippen LogP contribution in [-0.2, 0) is 0 Å². The summed E-state index contributed by atoms with van der Waals surface area (Å²) < 4.78 is 13.3. The van der Waals surface area contributed by atoms with Gasteiger partial charge in [0.1, 0.15) is 5.82 Å². The van der Waals surface area contributed by atoms with Gasteiger partial charge in [-0.3, -0.25) is 0 Å². The largest absolute Gasteiger partial charge is 0.378 e. The summed E-state index contributed by atoms with van der Waals surface area (Å²) in [6.45, 7) is 2.12. The van der Waals surface area contributed by atoms with Crippen LogP contribution in [0.2, 0.25) is 0 Å².